The van der Waals surface area contributed by atoms with Gasteiger partial charge in [0.05, 0.1) is 0 Å². The van der Waals surface area contributed by atoms with E-state index in [1.807, 2.05) is 11.3 Å². The molecule has 0 aliphatic carbocycles. The Labute approximate surface area is 124 Å². The second-order valence-corrected chi connectivity index (χ2v) is 6.24. The van der Waals surface area contributed by atoms with Gasteiger partial charge in [-0.1, -0.05) is 18.2 Å². The molecule has 1 atom stereocenters. The van der Waals surface area contributed by atoms with Crippen LogP contribution in [-0.4, -0.2) is 11.1 Å². The number of nitrogens with zero attached hydrogens (tertiary/aromatic N) is 1. The first-order valence-electron chi connectivity index (χ1n) is 7.06. The Kier molecular flexibility index (Phi) is 3.90. The monoisotopic (exact) mass is 284 g/mol. The molecule has 3 heteroatoms. The van der Waals surface area contributed by atoms with E-state index in [4.69, 9.17) is 0 Å². The number of aryl methyl sites for hydroxylation is 1. The van der Waals surface area contributed by atoms with Crippen molar-refractivity contribution >= 4 is 22.2 Å². The average Bonchev–Trinajstić information content (AvgIpc) is 3.08. The normalized spacial score (nSPS) is 12.9. The van der Waals surface area contributed by atoms with Gasteiger partial charge in [0.2, 0.25) is 0 Å². The molecule has 1 N–H and O–H groups in total. The molecule has 0 fully saturated rings. The third-order valence-corrected chi connectivity index (χ3v) is 4.76. The van der Waals surface area contributed by atoms with E-state index in [1.165, 1.54) is 21.3 Å². The van der Waals surface area contributed by atoms with E-state index in [-0.39, 0.29) is 0 Å². The fourth-order valence-electron chi connectivity index (χ4n) is 2.53. The first-order valence-corrected chi connectivity index (χ1v) is 7.94. The summed E-state index contributed by atoms with van der Waals surface area (Å²) in [5.74, 6) is 0. The minimum absolute atomic E-state index is 0.429. The molecule has 0 bridgehead atoms. The smallest absolute Gasteiger partial charge is 0.0483 e. The molecule has 3 aromatic rings. The van der Waals surface area contributed by atoms with Crippen LogP contribution < -0.4 is 5.32 Å². The van der Waals surface area contributed by atoms with Crippen molar-refractivity contribution in [2.24, 2.45) is 0 Å². The van der Waals surface area contributed by atoms with Crippen LogP contribution in [-0.2, 0) is 6.54 Å². The van der Waals surface area contributed by atoms with E-state index in [1.54, 1.807) is 0 Å². The second kappa shape index (κ2) is 5.81. The van der Waals surface area contributed by atoms with E-state index < -0.39 is 0 Å². The maximum Gasteiger partial charge on any atom is 0.0483 e. The Morgan fingerprint density at radius 1 is 1.25 bits per heavy atom. The highest BCUT2D eigenvalue weighted by atomic mass is 32.1. The van der Waals surface area contributed by atoms with E-state index in [0.717, 1.165) is 13.1 Å². The molecule has 2 nitrogen and oxygen atoms in total. The summed E-state index contributed by atoms with van der Waals surface area (Å²) in [6.07, 6.45) is 2.18. The number of fused-ring (bicyclic) bond motifs is 1. The van der Waals surface area contributed by atoms with Crippen LogP contribution in [0.25, 0.3) is 10.9 Å². The lowest BCUT2D eigenvalue weighted by Crippen LogP contribution is -2.22. The van der Waals surface area contributed by atoms with Gasteiger partial charge in [-0.25, -0.2) is 0 Å². The highest BCUT2D eigenvalue weighted by molar-refractivity contribution is 7.10. The summed E-state index contributed by atoms with van der Waals surface area (Å²) in [7, 11) is 0. The third kappa shape index (κ3) is 2.79. The van der Waals surface area contributed by atoms with Crippen LogP contribution in [0, 0.1) is 6.92 Å². The van der Waals surface area contributed by atoms with Gasteiger partial charge in [0.15, 0.2) is 0 Å². The zero-order chi connectivity index (χ0) is 13.9. The SMILES string of the molecule is Cc1ccc2ccn(CCNC(C)c3cccs3)c2c1. The van der Waals surface area contributed by atoms with Crippen LogP contribution >= 0.6 is 11.3 Å². The van der Waals surface area contributed by atoms with Gasteiger partial charge in [0, 0.05) is 35.7 Å². The fraction of sp³-hybridized carbons (Fsp3) is 0.294. The molecule has 0 spiro atoms. The van der Waals surface area contributed by atoms with Crippen LogP contribution in [0.3, 0.4) is 0 Å². The Hall–Kier alpha value is -1.58. The van der Waals surface area contributed by atoms with Gasteiger partial charge in [-0.3, -0.25) is 0 Å². The highest BCUT2D eigenvalue weighted by Gasteiger charge is 2.06. The van der Waals surface area contributed by atoms with Gasteiger partial charge in [0.25, 0.3) is 0 Å². The Morgan fingerprint density at radius 2 is 2.15 bits per heavy atom. The summed E-state index contributed by atoms with van der Waals surface area (Å²) < 4.78 is 2.33. The minimum Gasteiger partial charge on any atom is -0.346 e. The van der Waals surface area contributed by atoms with Crippen molar-refractivity contribution in [3.05, 3.63) is 58.4 Å². The van der Waals surface area contributed by atoms with Gasteiger partial charge < -0.3 is 9.88 Å². The van der Waals surface area contributed by atoms with E-state index in [0.29, 0.717) is 6.04 Å². The molecule has 2 heterocycles. The van der Waals surface area contributed by atoms with Crippen molar-refractivity contribution < 1.29 is 0 Å². The number of hydrogen-bond acceptors (Lipinski definition) is 2. The maximum absolute atomic E-state index is 3.59. The summed E-state index contributed by atoms with van der Waals surface area (Å²) in [5.41, 5.74) is 2.65. The molecule has 20 heavy (non-hydrogen) atoms. The molecule has 2 aromatic heterocycles. The Balaban J connectivity index is 1.64. The second-order valence-electron chi connectivity index (χ2n) is 5.26. The van der Waals surface area contributed by atoms with Gasteiger partial charge >= 0.3 is 0 Å². The third-order valence-electron chi connectivity index (χ3n) is 3.70. The lowest BCUT2D eigenvalue weighted by atomic mass is 10.2. The number of hydrogen-bond donors (Lipinski definition) is 1. The number of rotatable bonds is 5. The van der Waals surface area contributed by atoms with Crippen molar-refractivity contribution in [2.75, 3.05) is 6.54 Å². The topological polar surface area (TPSA) is 17.0 Å². The number of benzene rings is 1. The van der Waals surface area contributed by atoms with Crippen molar-refractivity contribution in [1.29, 1.82) is 0 Å². The zero-order valence-electron chi connectivity index (χ0n) is 12.0. The van der Waals surface area contributed by atoms with E-state index >= 15 is 0 Å². The first kappa shape index (κ1) is 13.4. The molecule has 0 saturated heterocycles. The molecule has 104 valence electrons. The summed E-state index contributed by atoms with van der Waals surface area (Å²) in [6.45, 7) is 6.36. The summed E-state index contributed by atoms with van der Waals surface area (Å²) in [4.78, 5) is 1.40. The molecular weight excluding hydrogens is 264 g/mol. The highest BCUT2D eigenvalue weighted by Crippen LogP contribution is 2.19. The summed E-state index contributed by atoms with van der Waals surface area (Å²) in [6, 6.07) is 13.6. The van der Waals surface area contributed by atoms with Crippen LogP contribution in [0.2, 0.25) is 0 Å². The van der Waals surface area contributed by atoms with E-state index in [2.05, 4.69) is 71.7 Å². The van der Waals surface area contributed by atoms with Gasteiger partial charge in [-0.05, 0) is 48.4 Å². The molecular formula is C17H20N2S. The molecule has 1 aromatic carbocycles. The molecule has 0 aliphatic heterocycles. The number of aromatic nitrogens is 1. The predicted molar refractivity (Wildman–Crippen MR) is 87.4 cm³/mol. The van der Waals surface area contributed by atoms with Crippen LogP contribution in [0.15, 0.2) is 48.0 Å². The lowest BCUT2D eigenvalue weighted by Gasteiger charge is -2.13. The average molecular weight is 284 g/mol. The molecule has 0 amide bonds. The van der Waals surface area contributed by atoms with Crippen LogP contribution in [0.5, 0.6) is 0 Å². The van der Waals surface area contributed by atoms with Gasteiger partial charge in [0.1, 0.15) is 0 Å². The standard InChI is InChI=1S/C17H20N2S/c1-13-5-6-15-7-9-19(16(15)12-13)10-8-18-14(2)17-4-3-11-20-17/h3-7,9,11-12,14,18H,8,10H2,1-2H3. The maximum atomic E-state index is 3.59. The molecule has 0 aliphatic rings. The quantitative estimate of drug-likeness (QED) is 0.736. The molecule has 3 rings (SSSR count). The zero-order valence-corrected chi connectivity index (χ0v) is 12.8. The summed E-state index contributed by atoms with van der Waals surface area (Å²) >= 11 is 1.81. The number of nitrogens with one attached hydrogen (secondary N) is 1. The lowest BCUT2D eigenvalue weighted by molar-refractivity contribution is 0.543. The van der Waals surface area contributed by atoms with Crippen molar-refractivity contribution in [3.8, 4) is 0 Å². The van der Waals surface area contributed by atoms with Gasteiger partial charge in [-0.15, -0.1) is 11.3 Å². The Morgan fingerprint density at radius 3 is 2.95 bits per heavy atom. The van der Waals surface area contributed by atoms with Crippen molar-refractivity contribution in [2.45, 2.75) is 26.4 Å². The first-order chi connectivity index (χ1) is 9.74. The largest absolute Gasteiger partial charge is 0.346 e. The molecule has 1 unspecified atom stereocenters. The van der Waals surface area contributed by atoms with Crippen molar-refractivity contribution in [3.63, 3.8) is 0 Å². The fourth-order valence-corrected chi connectivity index (χ4v) is 3.29. The molecule has 0 saturated carbocycles. The van der Waals surface area contributed by atoms with Crippen molar-refractivity contribution in [1.82, 2.24) is 9.88 Å². The minimum atomic E-state index is 0.429. The summed E-state index contributed by atoms with van der Waals surface area (Å²) in [5, 5.41) is 7.05. The van der Waals surface area contributed by atoms with Crippen LogP contribution in [0.4, 0.5) is 0 Å². The van der Waals surface area contributed by atoms with Crippen LogP contribution in [0.1, 0.15) is 23.4 Å². The number of thiophene rings is 1. The van der Waals surface area contributed by atoms with Gasteiger partial charge in [-0.2, -0.15) is 0 Å². The predicted octanol–water partition coefficient (Wildman–Crippen LogP) is 4.36. The van der Waals surface area contributed by atoms with E-state index in [9.17, 15) is 0 Å². The Bertz CT molecular complexity index is 682. The molecule has 0 radical (unpaired) electrons.